The van der Waals surface area contributed by atoms with E-state index in [0.29, 0.717) is 12.1 Å². The van der Waals surface area contributed by atoms with Crippen LogP contribution in [-0.2, 0) is 11.2 Å². The monoisotopic (exact) mass is 295 g/mol. The number of hydrogen-bond donors (Lipinski definition) is 1. The van der Waals surface area contributed by atoms with Crippen LogP contribution in [0.15, 0.2) is 24.3 Å². The second-order valence-electron chi connectivity index (χ2n) is 5.69. The lowest BCUT2D eigenvalue weighted by molar-refractivity contribution is 0.0995. The maximum absolute atomic E-state index is 5.95. The molecule has 0 aliphatic carbocycles. The predicted molar refractivity (Wildman–Crippen MR) is 85.4 cm³/mol. The Morgan fingerprint density at radius 3 is 2.80 bits per heavy atom. The van der Waals surface area contributed by atoms with E-state index >= 15 is 0 Å². The first-order chi connectivity index (χ1) is 9.78. The van der Waals surface area contributed by atoms with Crippen LogP contribution < -0.4 is 5.32 Å². The maximum Gasteiger partial charge on any atom is 0.0576 e. The Labute approximate surface area is 127 Å². The van der Waals surface area contributed by atoms with Crippen molar-refractivity contribution in [1.82, 2.24) is 5.32 Å². The van der Waals surface area contributed by atoms with Crippen molar-refractivity contribution in [3.05, 3.63) is 34.9 Å². The molecule has 1 aromatic rings. The molecule has 0 amide bonds. The molecule has 1 saturated heterocycles. The van der Waals surface area contributed by atoms with Gasteiger partial charge in [0.1, 0.15) is 0 Å². The second kappa shape index (κ2) is 8.66. The van der Waals surface area contributed by atoms with Gasteiger partial charge in [-0.15, -0.1) is 0 Å². The van der Waals surface area contributed by atoms with Crippen LogP contribution in [0.2, 0.25) is 5.02 Å². The van der Waals surface area contributed by atoms with Crippen LogP contribution in [0.3, 0.4) is 0 Å². The van der Waals surface area contributed by atoms with Crippen LogP contribution >= 0.6 is 11.6 Å². The highest BCUT2D eigenvalue weighted by atomic mass is 35.5. The summed E-state index contributed by atoms with van der Waals surface area (Å²) >= 11 is 5.95. The molecule has 0 spiro atoms. The molecule has 0 bridgehead atoms. The lowest BCUT2D eigenvalue weighted by Gasteiger charge is -2.20. The minimum absolute atomic E-state index is 0.492. The molecule has 2 unspecified atom stereocenters. The van der Waals surface area contributed by atoms with Gasteiger partial charge in [0.05, 0.1) is 6.10 Å². The first kappa shape index (κ1) is 15.8. The van der Waals surface area contributed by atoms with Gasteiger partial charge in [0.15, 0.2) is 0 Å². The van der Waals surface area contributed by atoms with E-state index in [2.05, 4.69) is 24.4 Å². The average molecular weight is 296 g/mol. The first-order valence-electron chi connectivity index (χ1n) is 7.87. The predicted octanol–water partition coefficient (Wildman–Crippen LogP) is 4.21. The lowest BCUT2D eigenvalue weighted by atomic mass is 9.99. The van der Waals surface area contributed by atoms with Gasteiger partial charge in [-0.1, -0.05) is 30.7 Å². The Hall–Kier alpha value is -0.570. The van der Waals surface area contributed by atoms with Crippen LogP contribution in [-0.4, -0.2) is 25.3 Å². The summed E-state index contributed by atoms with van der Waals surface area (Å²) in [6.07, 6.45) is 7.57. The van der Waals surface area contributed by atoms with Crippen LogP contribution in [0.5, 0.6) is 0 Å². The number of benzene rings is 1. The average Bonchev–Trinajstić information content (AvgIpc) is 2.97. The zero-order chi connectivity index (χ0) is 14.2. The molecule has 112 valence electrons. The molecule has 0 aromatic heterocycles. The fourth-order valence-electron chi connectivity index (χ4n) is 2.79. The molecule has 2 atom stereocenters. The van der Waals surface area contributed by atoms with E-state index in [9.17, 15) is 0 Å². The molecule has 0 radical (unpaired) electrons. The Bertz CT molecular complexity index is 373. The Morgan fingerprint density at radius 1 is 1.35 bits per heavy atom. The van der Waals surface area contributed by atoms with E-state index in [0.717, 1.165) is 24.6 Å². The third-order valence-corrected chi connectivity index (χ3v) is 4.19. The zero-order valence-corrected chi connectivity index (χ0v) is 13.2. The molecular weight excluding hydrogens is 270 g/mol. The molecular formula is C17H26ClNO. The Morgan fingerprint density at radius 2 is 2.15 bits per heavy atom. The summed E-state index contributed by atoms with van der Waals surface area (Å²) in [7, 11) is 0. The normalized spacial score (nSPS) is 20.2. The molecule has 1 aliphatic rings. The molecule has 20 heavy (non-hydrogen) atoms. The fraction of sp³-hybridized carbons (Fsp3) is 0.647. The molecule has 1 aromatic carbocycles. The highest BCUT2D eigenvalue weighted by molar-refractivity contribution is 6.30. The van der Waals surface area contributed by atoms with Crippen LogP contribution in [0, 0.1) is 0 Å². The van der Waals surface area contributed by atoms with Crippen LogP contribution in [0.25, 0.3) is 0 Å². The van der Waals surface area contributed by atoms with E-state index in [1.807, 2.05) is 12.1 Å². The Balaban J connectivity index is 1.83. The van der Waals surface area contributed by atoms with E-state index in [4.69, 9.17) is 16.3 Å². The van der Waals surface area contributed by atoms with Gasteiger partial charge in [-0.05, 0) is 62.8 Å². The number of ether oxygens (including phenoxy) is 1. The zero-order valence-electron chi connectivity index (χ0n) is 12.4. The summed E-state index contributed by atoms with van der Waals surface area (Å²) in [5.74, 6) is 0. The van der Waals surface area contributed by atoms with Crippen LogP contribution in [0.4, 0.5) is 0 Å². The molecule has 1 aliphatic heterocycles. The fourth-order valence-corrected chi connectivity index (χ4v) is 2.91. The highest BCUT2D eigenvalue weighted by Crippen LogP contribution is 2.19. The minimum Gasteiger partial charge on any atom is -0.378 e. The standard InChI is InChI=1S/C17H26ClNO/c1-2-11-19-16(9-10-17-4-3-12-20-17)13-14-5-7-15(18)8-6-14/h5-8,16-17,19H,2-4,9-13H2,1H3. The van der Waals surface area contributed by atoms with E-state index in [-0.39, 0.29) is 0 Å². The number of hydrogen-bond acceptors (Lipinski definition) is 2. The van der Waals surface area contributed by atoms with Crippen LogP contribution in [0.1, 0.15) is 44.6 Å². The summed E-state index contributed by atoms with van der Waals surface area (Å²) in [6, 6.07) is 8.77. The Kier molecular flexibility index (Phi) is 6.85. The number of rotatable bonds is 8. The lowest BCUT2D eigenvalue weighted by Crippen LogP contribution is -2.32. The van der Waals surface area contributed by atoms with Crippen molar-refractivity contribution < 1.29 is 4.74 Å². The van der Waals surface area contributed by atoms with E-state index in [1.54, 1.807) is 0 Å². The van der Waals surface area contributed by atoms with Crippen molar-refractivity contribution in [2.75, 3.05) is 13.2 Å². The van der Waals surface area contributed by atoms with Crippen molar-refractivity contribution in [3.8, 4) is 0 Å². The van der Waals surface area contributed by atoms with Crippen molar-refractivity contribution >= 4 is 11.6 Å². The molecule has 0 saturated carbocycles. The quantitative estimate of drug-likeness (QED) is 0.776. The van der Waals surface area contributed by atoms with Crippen molar-refractivity contribution in [2.45, 2.75) is 57.6 Å². The highest BCUT2D eigenvalue weighted by Gasteiger charge is 2.18. The maximum atomic E-state index is 5.95. The number of nitrogens with one attached hydrogen (secondary N) is 1. The first-order valence-corrected chi connectivity index (χ1v) is 8.25. The van der Waals surface area contributed by atoms with E-state index in [1.165, 1.54) is 37.7 Å². The molecule has 1 N–H and O–H groups in total. The van der Waals surface area contributed by atoms with Gasteiger partial charge in [0, 0.05) is 17.7 Å². The van der Waals surface area contributed by atoms with Crippen molar-refractivity contribution in [2.24, 2.45) is 0 Å². The van der Waals surface area contributed by atoms with Gasteiger partial charge in [-0.3, -0.25) is 0 Å². The second-order valence-corrected chi connectivity index (χ2v) is 6.13. The minimum atomic E-state index is 0.492. The largest absolute Gasteiger partial charge is 0.378 e. The number of halogens is 1. The SMILES string of the molecule is CCCNC(CCC1CCCO1)Cc1ccc(Cl)cc1. The van der Waals surface area contributed by atoms with Gasteiger partial charge in [0.2, 0.25) is 0 Å². The van der Waals surface area contributed by atoms with Gasteiger partial charge in [-0.25, -0.2) is 0 Å². The summed E-state index contributed by atoms with van der Waals surface area (Å²) in [4.78, 5) is 0. The van der Waals surface area contributed by atoms with Gasteiger partial charge in [-0.2, -0.15) is 0 Å². The molecule has 1 fully saturated rings. The van der Waals surface area contributed by atoms with Crippen molar-refractivity contribution in [3.63, 3.8) is 0 Å². The topological polar surface area (TPSA) is 21.3 Å². The molecule has 3 heteroatoms. The molecule has 2 rings (SSSR count). The third kappa shape index (κ3) is 5.43. The smallest absolute Gasteiger partial charge is 0.0576 e. The van der Waals surface area contributed by atoms with Gasteiger partial charge >= 0.3 is 0 Å². The third-order valence-electron chi connectivity index (χ3n) is 3.94. The van der Waals surface area contributed by atoms with Gasteiger partial charge < -0.3 is 10.1 Å². The molecule has 2 nitrogen and oxygen atoms in total. The van der Waals surface area contributed by atoms with Gasteiger partial charge in [0.25, 0.3) is 0 Å². The summed E-state index contributed by atoms with van der Waals surface area (Å²) in [5, 5.41) is 4.48. The summed E-state index contributed by atoms with van der Waals surface area (Å²) in [5.41, 5.74) is 1.36. The summed E-state index contributed by atoms with van der Waals surface area (Å²) < 4.78 is 5.73. The van der Waals surface area contributed by atoms with Crippen molar-refractivity contribution in [1.29, 1.82) is 0 Å². The summed E-state index contributed by atoms with van der Waals surface area (Å²) in [6.45, 7) is 4.26. The molecule has 1 heterocycles. The van der Waals surface area contributed by atoms with E-state index < -0.39 is 0 Å².